The minimum atomic E-state index is -0.179. The summed E-state index contributed by atoms with van der Waals surface area (Å²) in [4.78, 5) is 22.7. The molecule has 0 aromatic heterocycles. The molecule has 0 N–H and O–H groups in total. The number of fused-ring (bicyclic) bond motifs is 2. The van der Waals surface area contributed by atoms with Crippen LogP contribution in [0.25, 0.3) is 0 Å². The van der Waals surface area contributed by atoms with Gasteiger partial charge in [-0.1, -0.05) is 24.3 Å². The lowest BCUT2D eigenvalue weighted by molar-refractivity contribution is -0.141. The predicted molar refractivity (Wildman–Crippen MR) is 56.9 cm³/mol. The molecule has 3 heteroatoms. The number of hydrogen-bond acceptors (Lipinski definition) is 3. The number of benzene rings is 1. The molecule has 3 nitrogen and oxygen atoms in total. The van der Waals surface area contributed by atoms with Gasteiger partial charge in [0, 0.05) is 11.8 Å². The zero-order chi connectivity index (χ0) is 11.1. The lowest BCUT2D eigenvalue weighted by Crippen LogP contribution is -2.30. The molecule has 0 amide bonds. The molecule has 3 atom stereocenters. The summed E-state index contributed by atoms with van der Waals surface area (Å²) in [5, 5.41) is 0. The van der Waals surface area contributed by atoms with Crippen LogP contribution in [0.15, 0.2) is 24.3 Å². The summed E-state index contributed by atoms with van der Waals surface area (Å²) in [5.41, 5.74) is 2.18. The van der Waals surface area contributed by atoms with E-state index in [0.29, 0.717) is 13.0 Å². The van der Waals surface area contributed by atoms with E-state index in [-0.39, 0.29) is 23.7 Å². The van der Waals surface area contributed by atoms with Crippen molar-refractivity contribution in [2.24, 2.45) is 11.8 Å². The number of carbonyl (C=O) groups excluding carboxylic acids is 2. The summed E-state index contributed by atoms with van der Waals surface area (Å²) in [5.74, 6) is -0.405. The summed E-state index contributed by atoms with van der Waals surface area (Å²) < 4.78 is 5.07. The Hall–Kier alpha value is -1.64. The maximum absolute atomic E-state index is 11.5. The maximum atomic E-state index is 11.5. The van der Waals surface area contributed by atoms with Gasteiger partial charge in [-0.2, -0.15) is 0 Å². The molecule has 3 unspecified atom stereocenters. The molecule has 0 bridgehead atoms. The van der Waals surface area contributed by atoms with Gasteiger partial charge >= 0.3 is 5.97 Å². The average molecular weight is 216 g/mol. The first-order valence-electron chi connectivity index (χ1n) is 5.51. The molecule has 82 valence electrons. The Kier molecular flexibility index (Phi) is 2.06. The van der Waals surface area contributed by atoms with Crippen LogP contribution in [0.4, 0.5) is 0 Å². The van der Waals surface area contributed by atoms with Crippen LogP contribution in [0.5, 0.6) is 0 Å². The minimum Gasteiger partial charge on any atom is -0.465 e. The van der Waals surface area contributed by atoms with Gasteiger partial charge in [0.15, 0.2) is 0 Å². The average Bonchev–Trinajstić information content (AvgIpc) is 2.68. The molecule has 1 aliphatic carbocycles. The van der Waals surface area contributed by atoms with Crippen LogP contribution in [0.2, 0.25) is 0 Å². The molecule has 0 saturated carbocycles. The van der Waals surface area contributed by atoms with E-state index >= 15 is 0 Å². The van der Waals surface area contributed by atoms with Crippen molar-refractivity contribution in [3.63, 3.8) is 0 Å². The molecule has 1 aliphatic heterocycles. The van der Waals surface area contributed by atoms with Gasteiger partial charge in [-0.05, 0) is 17.5 Å². The number of ether oxygens (including phenoxy) is 1. The summed E-state index contributed by atoms with van der Waals surface area (Å²) in [7, 11) is 0. The Balaban J connectivity index is 2.09. The first-order valence-corrected chi connectivity index (χ1v) is 5.51. The van der Waals surface area contributed by atoms with Gasteiger partial charge in [-0.25, -0.2) is 0 Å². The number of esters is 1. The van der Waals surface area contributed by atoms with Crippen molar-refractivity contribution in [2.45, 2.75) is 12.3 Å². The molecular formula is C13H12O3. The molecule has 1 saturated heterocycles. The van der Waals surface area contributed by atoms with Crippen molar-refractivity contribution in [2.75, 3.05) is 6.61 Å². The molecule has 3 rings (SSSR count). The third-order valence-corrected chi connectivity index (χ3v) is 3.70. The van der Waals surface area contributed by atoms with E-state index in [0.717, 1.165) is 17.4 Å². The van der Waals surface area contributed by atoms with Crippen molar-refractivity contribution >= 4 is 12.3 Å². The second-order valence-electron chi connectivity index (χ2n) is 4.47. The SMILES string of the molecule is O=CC1c2ccccc2CC2C(=O)OCC21. The number of cyclic esters (lactones) is 1. The highest BCUT2D eigenvalue weighted by atomic mass is 16.5. The molecule has 16 heavy (non-hydrogen) atoms. The highest BCUT2D eigenvalue weighted by Crippen LogP contribution is 2.42. The van der Waals surface area contributed by atoms with Crippen LogP contribution >= 0.6 is 0 Å². The molecule has 1 aromatic rings. The van der Waals surface area contributed by atoms with Crippen LogP contribution in [-0.4, -0.2) is 18.9 Å². The van der Waals surface area contributed by atoms with E-state index in [1.807, 2.05) is 24.3 Å². The summed E-state index contributed by atoms with van der Waals surface area (Å²) in [6.07, 6.45) is 1.67. The maximum Gasteiger partial charge on any atom is 0.309 e. The lowest BCUT2D eigenvalue weighted by Gasteiger charge is -2.29. The van der Waals surface area contributed by atoms with Crippen LogP contribution in [0.1, 0.15) is 17.0 Å². The Labute approximate surface area is 93.4 Å². The fourth-order valence-electron chi connectivity index (χ4n) is 2.85. The Morgan fingerprint density at radius 1 is 1.31 bits per heavy atom. The largest absolute Gasteiger partial charge is 0.465 e. The zero-order valence-electron chi connectivity index (χ0n) is 8.76. The second-order valence-corrected chi connectivity index (χ2v) is 4.47. The van der Waals surface area contributed by atoms with Gasteiger partial charge in [0.1, 0.15) is 6.29 Å². The van der Waals surface area contributed by atoms with Crippen LogP contribution in [0, 0.1) is 11.8 Å². The number of carbonyl (C=O) groups is 2. The molecule has 2 aliphatic rings. The second kappa shape index (κ2) is 3.44. The summed E-state index contributed by atoms with van der Waals surface area (Å²) >= 11 is 0. The van der Waals surface area contributed by atoms with Gasteiger partial charge < -0.3 is 9.53 Å². The third kappa shape index (κ3) is 1.21. The van der Waals surface area contributed by atoms with Crippen LogP contribution < -0.4 is 0 Å². The van der Waals surface area contributed by atoms with E-state index in [9.17, 15) is 9.59 Å². The molecule has 1 heterocycles. The number of aldehydes is 1. The summed E-state index contributed by atoms with van der Waals surface area (Å²) in [6.45, 7) is 0.390. The molecule has 1 fully saturated rings. The van der Waals surface area contributed by atoms with Crippen molar-refractivity contribution < 1.29 is 14.3 Å². The Bertz CT molecular complexity index is 452. The molecule has 0 radical (unpaired) electrons. The lowest BCUT2D eigenvalue weighted by atomic mass is 9.71. The molecule has 1 aromatic carbocycles. The highest BCUT2D eigenvalue weighted by Gasteiger charge is 2.45. The quantitative estimate of drug-likeness (QED) is 0.525. The van der Waals surface area contributed by atoms with Crippen LogP contribution in [0.3, 0.4) is 0 Å². The monoisotopic (exact) mass is 216 g/mol. The Morgan fingerprint density at radius 3 is 2.94 bits per heavy atom. The van der Waals surface area contributed by atoms with Gasteiger partial charge in [0.25, 0.3) is 0 Å². The van der Waals surface area contributed by atoms with Gasteiger partial charge in [0.05, 0.1) is 12.5 Å². The van der Waals surface area contributed by atoms with E-state index in [1.165, 1.54) is 0 Å². The van der Waals surface area contributed by atoms with Gasteiger partial charge in [-0.3, -0.25) is 4.79 Å². The zero-order valence-corrected chi connectivity index (χ0v) is 8.76. The van der Waals surface area contributed by atoms with Crippen molar-refractivity contribution in [3.8, 4) is 0 Å². The standard InChI is InChI=1S/C13H12O3/c14-6-11-9-4-2-1-3-8(9)5-10-12(11)7-16-13(10)15/h1-4,6,10-12H,5,7H2. The van der Waals surface area contributed by atoms with Crippen LogP contribution in [-0.2, 0) is 20.7 Å². The predicted octanol–water partition coefficient (Wildman–Crippen LogP) is 1.31. The van der Waals surface area contributed by atoms with Gasteiger partial charge in [0.2, 0.25) is 0 Å². The normalized spacial score (nSPS) is 31.5. The van der Waals surface area contributed by atoms with Crippen molar-refractivity contribution in [3.05, 3.63) is 35.4 Å². The fourth-order valence-corrected chi connectivity index (χ4v) is 2.85. The first kappa shape index (κ1) is 9.58. The fraction of sp³-hybridized carbons (Fsp3) is 0.385. The van der Waals surface area contributed by atoms with E-state index in [2.05, 4.69) is 0 Å². The smallest absolute Gasteiger partial charge is 0.309 e. The molecule has 0 spiro atoms. The number of rotatable bonds is 1. The number of hydrogen-bond donors (Lipinski definition) is 0. The summed E-state index contributed by atoms with van der Waals surface area (Å²) in [6, 6.07) is 7.86. The molecular weight excluding hydrogens is 204 g/mol. The highest BCUT2D eigenvalue weighted by molar-refractivity contribution is 5.78. The van der Waals surface area contributed by atoms with E-state index < -0.39 is 0 Å². The van der Waals surface area contributed by atoms with Gasteiger partial charge in [-0.15, -0.1) is 0 Å². The third-order valence-electron chi connectivity index (χ3n) is 3.70. The minimum absolute atomic E-state index is 0.0416. The van der Waals surface area contributed by atoms with Crippen molar-refractivity contribution in [1.82, 2.24) is 0 Å². The van der Waals surface area contributed by atoms with E-state index in [4.69, 9.17) is 4.74 Å². The van der Waals surface area contributed by atoms with Crippen molar-refractivity contribution in [1.29, 1.82) is 0 Å². The topological polar surface area (TPSA) is 43.4 Å². The first-order chi connectivity index (χ1) is 7.81. The van der Waals surface area contributed by atoms with E-state index in [1.54, 1.807) is 0 Å². The Morgan fingerprint density at radius 2 is 2.12 bits per heavy atom.